The summed E-state index contributed by atoms with van der Waals surface area (Å²) in [6.07, 6.45) is 3.95. The molecule has 3 aromatic carbocycles. The number of nitrogens with one attached hydrogen (secondary N) is 2. The van der Waals surface area contributed by atoms with Gasteiger partial charge >= 0.3 is 0 Å². The number of amides is 1. The van der Waals surface area contributed by atoms with E-state index in [9.17, 15) is 4.79 Å². The fourth-order valence-electron chi connectivity index (χ4n) is 3.96. The second kappa shape index (κ2) is 8.65. The third kappa shape index (κ3) is 4.46. The van der Waals surface area contributed by atoms with E-state index in [1.54, 1.807) is 0 Å². The van der Waals surface area contributed by atoms with Crippen molar-refractivity contribution in [2.45, 2.75) is 33.7 Å². The normalized spacial score (nSPS) is 12.7. The van der Waals surface area contributed by atoms with E-state index in [-0.39, 0.29) is 11.9 Å². The fourth-order valence-corrected chi connectivity index (χ4v) is 3.96. The number of carbonyl (C=O) groups excluding carboxylic acids is 1. The van der Waals surface area contributed by atoms with Crippen LogP contribution in [-0.4, -0.2) is 10.9 Å². The average Bonchev–Trinajstić information content (AvgIpc) is 3.24. The van der Waals surface area contributed by atoms with Crippen LogP contribution in [0.25, 0.3) is 28.1 Å². The van der Waals surface area contributed by atoms with Gasteiger partial charge in [-0.25, -0.2) is 0 Å². The maximum absolute atomic E-state index is 12.7. The topological polar surface area (TPSA) is 44.9 Å². The molecule has 0 aliphatic heterocycles. The first-order valence-electron chi connectivity index (χ1n) is 10.7. The predicted octanol–water partition coefficient (Wildman–Crippen LogP) is 6.73. The number of aromatic amines is 1. The Morgan fingerprint density at radius 1 is 0.968 bits per heavy atom. The molecule has 3 heteroatoms. The maximum atomic E-state index is 12.7. The fraction of sp³-hybridized carbons (Fsp3) is 0.179. The van der Waals surface area contributed by atoms with Gasteiger partial charge in [0.25, 0.3) is 0 Å². The summed E-state index contributed by atoms with van der Waals surface area (Å²) in [6.45, 7) is 8.10. The van der Waals surface area contributed by atoms with Gasteiger partial charge in [-0.2, -0.15) is 0 Å². The predicted molar refractivity (Wildman–Crippen MR) is 130 cm³/mol. The maximum Gasteiger partial charge on any atom is 0.247 e. The summed E-state index contributed by atoms with van der Waals surface area (Å²) in [5, 5.41) is 4.30. The van der Waals surface area contributed by atoms with Crippen molar-refractivity contribution in [2.24, 2.45) is 0 Å². The molecule has 0 fully saturated rings. The van der Waals surface area contributed by atoms with Gasteiger partial charge in [0.2, 0.25) is 5.91 Å². The number of aryl methyl sites for hydroxylation is 2. The second-order valence-corrected chi connectivity index (χ2v) is 8.24. The van der Waals surface area contributed by atoms with Crippen LogP contribution in [0.1, 0.15) is 42.1 Å². The molecule has 1 heterocycles. The van der Waals surface area contributed by atoms with Gasteiger partial charge in [-0.1, -0.05) is 48.5 Å². The molecule has 2 N–H and O–H groups in total. The van der Waals surface area contributed by atoms with Crippen LogP contribution in [0.15, 0.2) is 78.5 Å². The van der Waals surface area contributed by atoms with Crippen LogP contribution in [0.4, 0.5) is 0 Å². The van der Waals surface area contributed by atoms with Crippen LogP contribution in [0.2, 0.25) is 0 Å². The minimum Gasteiger partial charge on any atom is -0.361 e. The molecule has 4 rings (SSSR count). The lowest BCUT2D eigenvalue weighted by atomic mass is 9.93. The van der Waals surface area contributed by atoms with Crippen molar-refractivity contribution in [3.05, 3.63) is 101 Å². The van der Waals surface area contributed by atoms with E-state index in [4.69, 9.17) is 0 Å². The van der Waals surface area contributed by atoms with Crippen molar-refractivity contribution in [1.82, 2.24) is 10.3 Å². The van der Waals surface area contributed by atoms with E-state index >= 15 is 0 Å². The highest BCUT2D eigenvalue weighted by Gasteiger charge is 2.12. The molecule has 0 bridgehead atoms. The molecule has 156 valence electrons. The average molecular weight is 409 g/mol. The number of carbonyl (C=O) groups is 1. The third-order valence-corrected chi connectivity index (χ3v) is 5.85. The lowest BCUT2D eigenvalue weighted by Gasteiger charge is -2.15. The molecule has 0 aliphatic rings. The lowest BCUT2D eigenvalue weighted by molar-refractivity contribution is -0.118. The minimum absolute atomic E-state index is 0.0365. The lowest BCUT2D eigenvalue weighted by Crippen LogP contribution is -2.27. The molecule has 0 saturated carbocycles. The van der Waals surface area contributed by atoms with E-state index in [0.717, 1.165) is 22.2 Å². The van der Waals surface area contributed by atoms with Crippen molar-refractivity contribution in [1.29, 1.82) is 0 Å². The number of H-pyrrole nitrogens is 1. The Balaban J connectivity index is 1.57. The molecule has 1 atom stereocenters. The minimum atomic E-state index is -0.0459. The van der Waals surface area contributed by atoms with Gasteiger partial charge in [-0.3, -0.25) is 4.79 Å². The Morgan fingerprint density at radius 3 is 2.52 bits per heavy atom. The van der Waals surface area contributed by atoms with Gasteiger partial charge in [-0.05, 0) is 90.7 Å². The van der Waals surface area contributed by atoms with Crippen molar-refractivity contribution >= 4 is 22.9 Å². The molecule has 4 aromatic rings. The summed E-state index contributed by atoms with van der Waals surface area (Å²) < 4.78 is 0. The molecule has 0 saturated heterocycles. The molecule has 0 spiro atoms. The SMILES string of the molecule is CC(=Cc1cc(C)c(-c2ccc3[nH]ccc3c2)cc1C)C(=O)N[C@@H](C)c1ccccc1. The number of rotatable bonds is 5. The summed E-state index contributed by atoms with van der Waals surface area (Å²) in [4.78, 5) is 16.0. The van der Waals surface area contributed by atoms with Gasteiger partial charge < -0.3 is 10.3 Å². The first-order chi connectivity index (χ1) is 14.9. The number of hydrogen-bond acceptors (Lipinski definition) is 1. The van der Waals surface area contributed by atoms with Gasteiger partial charge in [0.1, 0.15) is 0 Å². The van der Waals surface area contributed by atoms with E-state index in [0.29, 0.717) is 5.57 Å². The van der Waals surface area contributed by atoms with Crippen molar-refractivity contribution in [3.63, 3.8) is 0 Å². The molecule has 1 amide bonds. The van der Waals surface area contributed by atoms with Crippen LogP contribution in [0.5, 0.6) is 0 Å². The monoisotopic (exact) mass is 408 g/mol. The summed E-state index contributed by atoms with van der Waals surface area (Å²) in [6, 6.07) is 22.9. The highest BCUT2D eigenvalue weighted by atomic mass is 16.1. The molecule has 0 radical (unpaired) electrons. The standard InChI is InChI=1S/C28H28N2O/c1-18-16-26(23-10-11-27-24(17-23)12-13-29-27)19(2)14-25(18)15-20(3)28(31)30-21(4)22-8-6-5-7-9-22/h5-17,21,29H,1-4H3,(H,30,31)/t21-/m0/s1. The first kappa shape index (κ1) is 20.7. The Morgan fingerprint density at radius 2 is 1.74 bits per heavy atom. The van der Waals surface area contributed by atoms with Crippen LogP contribution >= 0.6 is 0 Å². The van der Waals surface area contributed by atoms with Gasteiger partial charge in [-0.15, -0.1) is 0 Å². The van der Waals surface area contributed by atoms with E-state index in [2.05, 4.69) is 60.5 Å². The van der Waals surface area contributed by atoms with Crippen molar-refractivity contribution in [2.75, 3.05) is 0 Å². The summed E-state index contributed by atoms with van der Waals surface area (Å²) >= 11 is 0. The second-order valence-electron chi connectivity index (χ2n) is 8.24. The third-order valence-electron chi connectivity index (χ3n) is 5.85. The summed E-state index contributed by atoms with van der Waals surface area (Å²) in [5.74, 6) is -0.0459. The van der Waals surface area contributed by atoms with Gasteiger partial charge in [0.15, 0.2) is 0 Å². The molecule has 0 unspecified atom stereocenters. The van der Waals surface area contributed by atoms with E-state index in [1.807, 2.05) is 56.5 Å². The molecular weight excluding hydrogens is 380 g/mol. The molecule has 31 heavy (non-hydrogen) atoms. The highest BCUT2D eigenvalue weighted by Crippen LogP contribution is 2.30. The highest BCUT2D eigenvalue weighted by molar-refractivity contribution is 5.97. The summed E-state index contributed by atoms with van der Waals surface area (Å²) in [7, 11) is 0. The quantitative estimate of drug-likeness (QED) is 0.353. The largest absolute Gasteiger partial charge is 0.361 e. The van der Waals surface area contributed by atoms with Crippen LogP contribution in [-0.2, 0) is 4.79 Å². The molecule has 1 aromatic heterocycles. The van der Waals surface area contributed by atoms with Gasteiger partial charge in [0.05, 0.1) is 6.04 Å². The molecular formula is C28H28N2O. The van der Waals surface area contributed by atoms with Crippen LogP contribution in [0.3, 0.4) is 0 Å². The Hall–Kier alpha value is -3.59. The summed E-state index contributed by atoms with van der Waals surface area (Å²) in [5.41, 5.74) is 8.78. The number of hydrogen-bond donors (Lipinski definition) is 2. The zero-order chi connectivity index (χ0) is 22.0. The Kier molecular flexibility index (Phi) is 5.77. The number of fused-ring (bicyclic) bond motifs is 1. The number of aromatic nitrogens is 1. The molecule has 3 nitrogen and oxygen atoms in total. The van der Waals surface area contributed by atoms with Gasteiger partial charge in [0, 0.05) is 17.3 Å². The van der Waals surface area contributed by atoms with E-state index in [1.165, 1.54) is 22.1 Å². The zero-order valence-electron chi connectivity index (χ0n) is 18.5. The number of benzene rings is 3. The van der Waals surface area contributed by atoms with Crippen molar-refractivity contribution < 1.29 is 4.79 Å². The van der Waals surface area contributed by atoms with Crippen molar-refractivity contribution in [3.8, 4) is 11.1 Å². The Labute approximate surface area is 183 Å². The first-order valence-corrected chi connectivity index (χ1v) is 10.7. The molecule has 0 aliphatic carbocycles. The smallest absolute Gasteiger partial charge is 0.247 e. The van der Waals surface area contributed by atoms with Crippen LogP contribution < -0.4 is 5.32 Å². The zero-order valence-corrected chi connectivity index (χ0v) is 18.5. The Bertz CT molecular complexity index is 1260. The van der Waals surface area contributed by atoms with Crippen LogP contribution in [0, 0.1) is 13.8 Å². The van der Waals surface area contributed by atoms with E-state index < -0.39 is 0 Å².